The Balaban J connectivity index is 1.88. The maximum absolute atomic E-state index is 5.69. The molecule has 2 aliphatic rings. The van der Waals surface area contributed by atoms with Gasteiger partial charge in [0.15, 0.2) is 0 Å². The molecule has 0 radical (unpaired) electrons. The van der Waals surface area contributed by atoms with Crippen LogP contribution in [0, 0.1) is 5.41 Å². The van der Waals surface area contributed by atoms with Crippen LogP contribution < -0.4 is 5.84 Å². The van der Waals surface area contributed by atoms with Crippen molar-refractivity contribution in [2.75, 3.05) is 33.2 Å². The van der Waals surface area contributed by atoms with E-state index in [1.165, 1.54) is 25.9 Å². The summed E-state index contributed by atoms with van der Waals surface area (Å²) in [4.78, 5) is 2.40. The van der Waals surface area contributed by atoms with Crippen LogP contribution in [-0.2, 0) is 0 Å². The zero-order valence-electron chi connectivity index (χ0n) is 7.21. The Bertz CT molecular complexity index is 141. The van der Waals surface area contributed by atoms with Gasteiger partial charge in [-0.1, -0.05) is 0 Å². The van der Waals surface area contributed by atoms with Gasteiger partial charge in [0.1, 0.15) is 0 Å². The molecular formula is C8H17N3. The Morgan fingerprint density at radius 3 is 2.18 bits per heavy atom. The molecule has 3 heteroatoms. The molecule has 2 rings (SSSR count). The van der Waals surface area contributed by atoms with Gasteiger partial charge in [0.2, 0.25) is 0 Å². The molecule has 1 spiro atoms. The molecule has 0 aromatic carbocycles. The lowest BCUT2D eigenvalue weighted by Gasteiger charge is -2.52. The maximum atomic E-state index is 5.69. The summed E-state index contributed by atoms with van der Waals surface area (Å²) in [6, 6.07) is 0. The number of hydrogen-bond acceptors (Lipinski definition) is 3. The second-order valence-corrected chi connectivity index (χ2v) is 4.21. The van der Waals surface area contributed by atoms with Gasteiger partial charge in [-0.25, -0.2) is 5.01 Å². The van der Waals surface area contributed by atoms with Crippen molar-refractivity contribution < 1.29 is 0 Å². The summed E-state index contributed by atoms with van der Waals surface area (Å²) in [5.74, 6) is 5.69. The summed E-state index contributed by atoms with van der Waals surface area (Å²) < 4.78 is 0. The fraction of sp³-hybridized carbons (Fsp3) is 1.00. The lowest BCUT2D eigenvalue weighted by molar-refractivity contribution is -0.0315. The van der Waals surface area contributed by atoms with Gasteiger partial charge in [-0.15, -0.1) is 0 Å². The third-order valence-corrected chi connectivity index (χ3v) is 3.07. The zero-order chi connectivity index (χ0) is 7.90. The van der Waals surface area contributed by atoms with E-state index in [2.05, 4.69) is 11.9 Å². The van der Waals surface area contributed by atoms with Gasteiger partial charge in [-0.3, -0.25) is 5.84 Å². The van der Waals surface area contributed by atoms with Gasteiger partial charge >= 0.3 is 0 Å². The molecule has 2 heterocycles. The van der Waals surface area contributed by atoms with E-state index in [0.717, 1.165) is 13.1 Å². The minimum absolute atomic E-state index is 0.657. The number of piperidine rings is 1. The number of hydrazine groups is 1. The van der Waals surface area contributed by atoms with Crippen molar-refractivity contribution in [3.8, 4) is 0 Å². The molecule has 0 aromatic heterocycles. The minimum Gasteiger partial charge on any atom is -0.305 e. The first-order chi connectivity index (χ1) is 5.20. The highest BCUT2D eigenvalue weighted by Crippen LogP contribution is 2.38. The van der Waals surface area contributed by atoms with Gasteiger partial charge < -0.3 is 4.90 Å². The molecule has 64 valence electrons. The van der Waals surface area contributed by atoms with Crippen LogP contribution in [0.15, 0.2) is 0 Å². The van der Waals surface area contributed by atoms with Crippen molar-refractivity contribution in [1.82, 2.24) is 9.91 Å². The Hall–Kier alpha value is -0.120. The van der Waals surface area contributed by atoms with Gasteiger partial charge in [0.05, 0.1) is 0 Å². The van der Waals surface area contributed by atoms with Crippen LogP contribution in [0.25, 0.3) is 0 Å². The highest BCUT2D eigenvalue weighted by molar-refractivity contribution is 4.96. The van der Waals surface area contributed by atoms with E-state index in [4.69, 9.17) is 5.84 Å². The largest absolute Gasteiger partial charge is 0.305 e. The lowest BCUT2D eigenvalue weighted by Crippen LogP contribution is -2.59. The second kappa shape index (κ2) is 2.44. The molecule has 0 amide bonds. The maximum Gasteiger partial charge on any atom is 0.0134 e. The smallest absolute Gasteiger partial charge is 0.0134 e. The molecule has 0 atom stereocenters. The van der Waals surface area contributed by atoms with Crippen LogP contribution >= 0.6 is 0 Å². The van der Waals surface area contributed by atoms with E-state index >= 15 is 0 Å². The molecule has 2 fully saturated rings. The normalized spacial score (nSPS) is 32.2. The SMILES string of the molecule is CN1CC2(CCN(N)CC2)C1. The third-order valence-electron chi connectivity index (χ3n) is 3.07. The summed E-state index contributed by atoms with van der Waals surface area (Å²) in [5, 5.41) is 1.95. The van der Waals surface area contributed by atoms with E-state index in [0.29, 0.717) is 5.41 Å². The van der Waals surface area contributed by atoms with E-state index in [-0.39, 0.29) is 0 Å². The average Bonchev–Trinajstić information content (AvgIpc) is 1.92. The number of nitrogens with zero attached hydrogens (tertiary/aromatic N) is 2. The van der Waals surface area contributed by atoms with Crippen LogP contribution in [0.3, 0.4) is 0 Å². The monoisotopic (exact) mass is 155 g/mol. The third kappa shape index (κ3) is 1.28. The molecule has 0 bridgehead atoms. The Morgan fingerprint density at radius 1 is 1.18 bits per heavy atom. The van der Waals surface area contributed by atoms with E-state index in [9.17, 15) is 0 Å². The highest BCUT2D eigenvalue weighted by Gasteiger charge is 2.42. The van der Waals surface area contributed by atoms with E-state index in [1.807, 2.05) is 5.01 Å². The Kier molecular flexibility index (Phi) is 1.67. The van der Waals surface area contributed by atoms with Gasteiger partial charge in [-0.2, -0.15) is 0 Å². The van der Waals surface area contributed by atoms with Gasteiger partial charge in [-0.05, 0) is 25.3 Å². The predicted molar refractivity (Wildman–Crippen MR) is 44.9 cm³/mol. The van der Waals surface area contributed by atoms with Crippen LogP contribution in [0.5, 0.6) is 0 Å². The molecule has 0 aliphatic carbocycles. The van der Waals surface area contributed by atoms with Crippen LogP contribution in [0.2, 0.25) is 0 Å². The van der Waals surface area contributed by atoms with Crippen molar-refractivity contribution >= 4 is 0 Å². The number of rotatable bonds is 0. The Morgan fingerprint density at radius 2 is 1.73 bits per heavy atom. The van der Waals surface area contributed by atoms with Crippen LogP contribution in [-0.4, -0.2) is 43.1 Å². The number of likely N-dealkylation sites (tertiary alicyclic amines) is 1. The van der Waals surface area contributed by atoms with Crippen molar-refractivity contribution in [2.24, 2.45) is 11.3 Å². The summed E-state index contributed by atoms with van der Waals surface area (Å²) in [7, 11) is 2.19. The number of nitrogens with two attached hydrogens (primary N) is 1. The molecule has 2 saturated heterocycles. The number of hydrogen-bond donors (Lipinski definition) is 1. The molecule has 0 aromatic rings. The molecule has 2 aliphatic heterocycles. The highest BCUT2D eigenvalue weighted by atomic mass is 15.4. The molecular weight excluding hydrogens is 138 g/mol. The molecule has 0 unspecified atom stereocenters. The van der Waals surface area contributed by atoms with Gasteiger partial charge in [0, 0.05) is 26.2 Å². The minimum atomic E-state index is 0.657. The molecule has 0 saturated carbocycles. The first-order valence-corrected chi connectivity index (χ1v) is 4.38. The quantitative estimate of drug-likeness (QED) is 0.495. The topological polar surface area (TPSA) is 32.5 Å². The van der Waals surface area contributed by atoms with Crippen molar-refractivity contribution in [1.29, 1.82) is 0 Å². The fourth-order valence-electron chi connectivity index (χ4n) is 2.41. The summed E-state index contributed by atoms with van der Waals surface area (Å²) in [5.41, 5.74) is 0.657. The van der Waals surface area contributed by atoms with Crippen molar-refractivity contribution in [2.45, 2.75) is 12.8 Å². The van der Waals surface area contributed by atoms with Crippen molar-refractivity contribution in [3.05, 3.63) is 0 Å². The first kappa shape index (κ1) is 7.53. The van der Waals surface area contributed by atoms with E-state index < -0.39 is 0 Å². The molecule has 11 heavy (non-hydrogen) atoms. The first-order valence-electron chi connectivity index (χ1n) is 4.38. The fourth-order valence-corrected chi connectivity index (χ4v) is 2.41. The van der Waals surface area contributed by atoms with Gasteiger partial charge in [0.25, 0.3) is 0 Å². The lowest BCUT2D eigenvalue weighted by atomic mass is 9.72. The zero-order valence-corrected chi connectivity index (χ0v) is 7.21. The molecule has 2 N–H and O–H groups in total. The van der Waals surface area contributed by atoms with Crippen LogP contribution in [0.1, 0.15) is 12.8 Å². The van der Waals surface area contributed by atoms with E-state index in [1.54, 1.807) is 0 Å². The predicted octanol–water partition coefficient (Wildman–Crippen LogP) is -0.112. The standard InChI is InChI=1S/C8H17N3/c1-10-6-8(7-10)2-4-11(9)5-3-8/h2-7,9H2,1H3. The summed E-state index contributed by atoms with van der Waals surface area (Å²) >= 11 is 0. The second-order valence-electron chi connectivity index (χ2n) is 4.21. The summed E-state index contributed by atoms with van der Waals surface area (Å²) in [6.07, 6.45) is 2.60. The van der Waals surface area contributed by atoms with Crippen LogP contribution in [0.4, 0.5) is 0 Å². The Labute approximate surface area is 68.1 Å². The van der Waals surface area contributed by atoms with Crippen molar-refractivity contribution in [3.63, 3.8) is 0 Å². The summed E-state index contributed by atoms with van der Waals surface area (Å²) in [6.45, 7) is 4.77. The molecule has 3 nitrogen and oxygen atoms in total. The average molecular weight is 155 g/mol.